The molecule has 0 unspecified atom stereocenters. The van der Waals surface area contributed by atoms with E-state index in [4.69, 9.17) is 16.7 Å². The minimum atomic E-state index is -4.53. The molecule has 0 bridgehead atoms. The van der Waals surface area contributed by atoms with Crippen LogP contribution in [0.2, 0.25) is 5.15 Å². The number of aryl methyl sites for hydroxylation is 1. The molecule has 0 aromatic carbocycles. The van der Waals surface area contributed by atoms with Crippen LogP contribution in [0.4, 0.5) is 13.2 Å². The molecule has 0 amide bonds. The molecule has 0 fully saturated rings. The average Bonchev–Trinajstić information content (AvgIpc) is 2.32. The number of hydrogen-bond acceptors (Lipinski definition) is 2. The predicted octanol–water partition coefficient (Wildman–Crippen LogP) is 1.63. The molecule has 0 radical (unpaired) electrons. The van der Waals surface area contributed by atoms with Gasteiger partial charge in [0.15, 0.2) is 5.69 Å². The van der Waals surface area contributed by atoms with Crippen LogP contribution >= 0.6 is 11.6 Å². The lowest BCUT2D eigenvalue weighted by atomic mass is 10.2. The minimum absolute atomic E-state index is 0.0913. The highest BCUT2D eigenvalue weighted by Gasteiger charge is 2.38. The maximum Gasteiger partial charge on any atom is 0.435 e. The highest BCUT2D eigenvalue weighted by molar-refractivity contribution is 6.30. The first-order valence-electron chi connectivity index (χ1n) is 3.77. The van der Waals surface area contributed by atoms with Gasteiger partial charge in [-0.25, -0.2) is 0 Å². The van der Waals surface area contributed by atoms with Crippen molar-refractivity contribution in [3.63, 3.8) is 0 Å². The first kappa shape index (κ1) is 11.3. The Morgan fingerprint density at radius 1 is 1.50 bits per heavy atom. The Morgan fingerprint density at radius 3 is 2.50 bits per heavy atom. The summed E-state index contributed by atoms with van der Waals surface area (Å²) in [5.41, 5.74) is -1.19. The molecule has 0 saturated heterocycles. The Hall–Kier alpha value is -0.750. The molecule has 0 saturated carbocycles. The highest BCUT2D eigenvalue weighted by atomic mass is 35.5. The van der Waals surface area contributed by atoms with Crippen LogP contribution in [-0.2, 0) is 19.6 Å². The molecule has 1 N–H and O–H groups in total. The molecule has 80 valence electrons. The maximum atomic E-state index is 12.3. The number of halogens is 4. The van der Waals surface area contributed by atoms with Gasteiger partial charge in [-0.1, -0.05) is 11.6 Å². The zero-order chi connectivity index (χ0) is 10.9. The lowest BCUT2D eigenvalue weighted by Gasteiger charge is -2.04. The van der Waals surface area contributed by atoms with E-state index in [0.29, 0.717) is 0 Å². The molecule has 1 heterocycles. The van der Waals surface area contributed by atoms with Gasteiger partial charge in [0.25, 0.3) is 0 Å². The first-order valence-corrected chi connectivity index (χ1v) is 4.15. The van der Waals surface area contributed by atoms with Gasteiger partial charge >= 0.3 is 6.18 Å². The fraction of sp³-hybridized carbons (Fsp3) is 0.571. The number of hydrogen-bond donors (Lipinski definition) is 1. The molecule has 1 aromatic heterocycles. The summed E-state index contributed by atoms with van der Waals surface area (Å²) in [4.78, 5) is 0. The van der Waals surface area contributed by atoms with Gasteiger partial charge in [0, 0.05) is 25.6 Å². The summed E-state index contributed by atoms with van der Waals surface area (Å²) in [6, 6.07) is 0. The standard InChI is InChI=1S/C7H8ClF3N2O/c1-13-6(8)4(2-3-14)5(12-13)7(9,10)11/h14H,2-3H2,1H3. The van der Waals surface area contributed by atoms with Crippen molar-refractivity contribution < 1.29 is 18.3 Å². The van der Waals surface area contributed by atoms with Crippen LogP contribution in [0.15, 0.2) is 0 Å². The van der Waals surface area contributed by atoms with E-state index < -0.39 is 18.5 Å². The van der Waals surface area contributed by atoms with Crippen molar-refractivity contribution >= 4 is 11.6 Å². The summed E-state index contributed by atoms with van der Waals surface area (Å²) < 4.78 is 38.0. The van der Waals surface area contributed by atoms with Crippen LogP contribution in [0.3, 0.4) is 0 Å². The van der Waals surface area contributed by atoms with Crippen molar-refractivity contribution in [2.75, 3.05) is 6.61 Å². The lowest BCUT2D eigenvalue weighted by molar-refractivity contribution is -0.142. The topological polar surface area (TPSA) is 38.0 Å². The smallest absolute Gasteiger partial charge is 0.396 e. The van der Waals surface area contributed by atoms with Crippen molar-refractivity contribution in [1.82, 2.24) is 9.78 Å². The van der Waals surface area contributed by atoms with Gasteiger partial charge < -0.3 is 5.11 Å². The third-order valence-electron chi connectivity index (χ3n) is 1.70. The minimum Gasteiger partial charge on any atom is -0.396 e. The lowest BCUT2D eigenvalue weighted by Crippen LogP contribution is -2.10. The van der Waals surface area contributed by atoms with E-state index in [2.05, 4.69) is 5.10 Å². The predicted molar refractivity (Wildman–Crippen MR) is 44.0 cm³/mol. The summed E-state index contributed by atoms with van der Waals surface area (Å²) in [5.74, 6) is 0. The number of aliphatic hydroxyl groups is 1. The van der Waals surface area contributed by atoms with Crippen LogP contribution in [0.1, 0.15) is 11.3 Å². The van der Waals surface area contributed by atoms with E-state index in [9.17, 15) is 13.2 Å². The molecule has 1 rings (SSSR count). The molecular formula is C7H8ClF3N2O. The first-order chi connectivity index (χ1) is 6.38. The van der Waals surface area contributed by atoms with Gasteiger partial charge in [-0.2, -0.15) is 18.3 Å². The number of rotatable bonds is 2. The largest absolute Gasteiger partial charge is 0.435 e. The number of nitrogens with zero attached hydrogens (tertiary/aromatic N) is 2. The zero-order valence-electron chi connectivity index (χ0n) is 7.27. The van der Waals surface area contributed by atoms with E-state index in [1.807, 2.05) is 0 Å². The molecule has 1 aromatic rings. The summed E-state index contributed by atoms with van der Waals surface area (Å²) in [5, 5.41) is 11.7. The van der Waals surface area contributed by atoms with Crippen molar-refractivity contribution in [3.05, 3.63) is 16.4 Å². The second kappa shape index (κ2) is 3.78. The van der Waals surface area contributed by atoms with Gasteiger partial charge in [-0.3, -0.25) is 4.68 Å². The quantitative estimate of drug-likeness (QED) is 0.836. The van der Waals surface area contributed by atoms with Crippen molar-refractivity contribution in [2.24, 2.45) is 7.05 Å². The summed E-state index contributed by atoms with van der Waals surface area (Å²) in [6.07, 6.45) is -4.68. The second-order valence-corrected chi connectivity index (χ2v) is 3.07. The van der Waals surface area contributed by atoms with Crippen LogP contribution in [-0.4, -0.2) is 21.5 Å². The Bertz CT molecular complexity index is 334. The normalized spacial score (nSPS) is 12.1. The van der Waals surface area contributed by atoms with Gasteiger partial charge in [-0.05, 0) is 0 Å². The molecular weight excluding hydrogens is 221 g/mol. The monoisotopic (exact) mass is 228 g/mol. The third kappa shape index (κ3) is 2.01. The fourth-order valence-electron chi connectivity index (χ4n) is 1.11. The van der Waals surface area contributed by atoms with Crippen molar-refractivity contribution in [3.8, 4) is 0 Å². The molecule has 0 atom stereocenters. The zero-order valence-corrected chi connectivity index (χ0v) is 8.02. The van der Waals surface area contributed by atoms with Crippen LogP contribution in [0.5, 0.6) is 0 Å². The van der Waals surface area contributed by atoms with Gasteiger partial charge in [0.1, 0.15) is 5.15 Å². The Morgan fingerprint density at radius 2 is 2.07 bits per heavy atom. The Kier molecular flexibility index (Phi) is 3.06. The van der Waals surface area contributed by atoms with E-state index in [0.717, 1.165) is 4.68 Å². The SMILES string of the molecule is Cn1nc(C(F)(F)F)c(CCO)c1Cl. The van der Waals surface area contributed by atoms with E-state index in [-0.39, 0.29) is 17.1 Å². The van der Waals surface area contributed by atoms with E-state index in [1.165, 1.54) is 7.05 Å². The van der Waals surface area contributed by atoms with E-state index in [1.54, 1.807) is 0 Å². The number of aliphatic hydroxyl groups excluding tert-OH is 1. The van der Waals surface area contributed by atoms with Crippen LogP contribution in [0, 0.1) is 0 Å². The van der Waals surface area contributed by atoms with Crippen molar-refractivity contribution in [1.29, 1.82) is 0 Å². The molecule has 0 aliphatic heterocycles. The van der Waals surface area contributed by atoms with Crippen LogP contribution < -0.4 is 0 Å². The van der Waals surface area contributed by atoms with Gasteiger partial charge in [0.05, 0.1) is 0 Å². The summed E-state index contributed by atoms with van der Waals surface area (Å²) >= 11 is 5.59. The summed E-state index contributed by atoms with van der Waals surface area (Å²) in [6.45, 7) is -0.394. The summed E-state index contributed by atoms with van der Waals surface area (Å²) in [7, 11) is 1.32. The molecule has 3 nitrogen and oxygen atoms in total. The second-order valence-electron chi connectivity index (χ2n) is 2.71. The number of alkyl halides is 3. The van der Waals surface area contributed by atoms with Gasteiger partial charge in [0.2, 0.25) is 0 Å². The van der Waals surface area contributed by atoms with E-state index >= 15 is 0 Å². The third-order valence-corrected chi connectivity index (χ3v) is 2.17. The molecule has 7 heteroatoms. The van der Waals surface area contributed by atoms with Crippen molar-refractivity contribution in [2.45, 2.75) is 12.6 Å². The Balaban J connectivity index is 3.22. The molecule has 0 spiro atoms. The Labute approximate surface area is 83.1 Å². The van der Waals surface area contributed by atoms with Crippen LogP contribution in [0.25, 0.3) is 0 Å². The number of aromatic nitrogens is 2. The fourth-order valence-corrected chi connectivity index (χ4v) is 1.33. The highest BCUT2D eigenvalue weighted by Crippen LogP contribution is 2.34. The average molecular weight is 229 g/mol. The van der Waals surface area contributed by atoms with Gasteiger partial charge in [-0.15, -0.1) is 0 Å². The molecule has 0 aliphatic rings. The molecule has 0 aliphatic carbocycles. The maximum absolute atomic E-state index is 12.3. The molecule has 14 heavy (non-hydrogen) atoms.